The summed E-state index contributed by atoms with van der Waals surface area (Å²) in [6, 6.07) is 5.47. The number of aromatic nitrogens is 2. The van der Waals surface area contributed by atoms with Crippen molar-refractivity contribution in [1.29, 1.82) is 0 Å². The Hall–Kier alpha value is -2.78. The molecule has 0 fully saturated rings. The predicted molar refractivity (Wildman–Crippen MR) is 111 cm³/mol. The molecule has 0 radical (unpaired) electrons. The van der Waals surface area contributed by atoms with Crippen LogP contribution < -0.4 is 16.2 Å². The van der Waals surface area contributed by atoms with Crippen molar-refractivity contribution in [1.82, 2.24) is 25.1 Å². The smallest absolute Gasteiger partial charge is 0.296 e. The number of benzene rings is 1. The third kappa shape index (κ3) is 5.03. The molecule has 30 heavy (non-hydrogen) atoms. The monoisotopic (exact) mass is 417 g/mol. The predicted octanol–water partition coefficient (Wildman–Crippen LogP) is 1.39. The van der Waals surface area contributed by atoms with Crippen LogP contribution in [0.25, 0.3) is 0 Å². The average molecular weight is 417 g/mol. The van der Waals surface area contributed by atoms with Gasteiger partial charge in [0.05, 0.1) is 6.04 Å². The number of rotatable bonds is 7. The minimum absolute atomic E-state index is 0.125. The summed E-state index contributed by atoms with van der Waals surface area (Å²) in [5.41, 5.74) is -0.221. The van der Waals surface area contributed by atoms with E-state index in [-0.39, 0.29) is 24.1 Å². The molecular formula is C21H28FN5O3. The maximum atomic E-state index is 13.0. The SMILES string of the molecule is CCCCNC1CN(C)CCn2c1nc(C(=O)NCc1ccc(F)cc1)c(O)c2=O. The number of likely N-dealkylation sites (N-methyl/N-ethyl adjacent to an activating group) is 1. The average Bonchev–Trinajstić information content (AvgIpc) is 2.89. The molecule has 3 N–H and O–H groups in total. The summed E-state index contributed by atoms with van der Waals surface area (Å²) in [6.07, 6.45) is 2.01. The molecule has 2 heterocycles. The molecule has 0 bridgehead atoms. The highest BCUT2D eigenvalue weighted by atomic mass is 19.1. The van der Waals surface area contributed by atoms with Crippen molar-refractivity contribution < 1.29 is 14.3 Å². The molecule has 3 rings (SSSR count). The topological polar surface area (TPSA) is 99.5 Å². The van der Waals surface area contributed by atoms with Crippen molar-refractivity contribution in [3.63, 3.8) is 0 Å². The molecule has 0 saturated heterocycles. The summed E-state index contributed by atoms with van der Waals surface area (Å²) in [7, 11) is 1.96. The highest BCUT2D eigenvalue weighted by Gasteiger charge is 2.28. The van der Waals surface area contributed by atoms with Crippen LogP contribution in [-0.4, -0.2) is 52.1 Å². The zero-order valence-corrected chi connectivity index (χ0v) is 17.3. The van der Waals surface area contributed by atoms with Crippen LogP contribution in [0.1, 0.15) is 47.7 Å². The lowest BCUT2D eigenvalue weighted by molar-refractivity contribution is 0.0941. The van der Waals surface area contributed by atoms with Gasteiger partial charge in [0.1, 0.15) is 11.6 Å². The van der Waals surface area contributed by atoms with Crippen LogP contribution in [0.3, 0.4) is 0 Å². The van der Waals surface area contributed by atoms with Gasteiger partial charge in [-0.1, -0.05) is 25.5 Å². The van der Waals surface area contributed by atoms with Gasteiger partial charge in [-0.25, -0.2) is 9.37 Å². The van der Waals surface area contributed by atoms with E-state index in [4.69, 9.17) is 0 Å². The molecule has 9 heteroatoms. The Balaban J connectivity index is 1.87. The molecule has 1 amide bonds. The number of carbonyl (C=O) groups is 1. The van der Waals surface area contributed by atoms with Crippen molar-refractivity contribution >= 4 is 5.91 Å². The van der Waals surface area contributed by atoms with Crippen LogP contribution in [0.2, 0.25) is 0 Å². The van der Waals surface area contributed by atoms with Gasteiger partial charge >= 0.3 is 0 Å². The van der Waals surface area contributed by atoms with E-state index in [1.54, 1.807) is 12.1 Å². The van der Waals surface area contributed by atoms with E-state index in [0.29, 0.717) is 31.0 Å². The summed E-state index contributed by atoms with van der Waals surface area (Å²) in [6.45, 7) is 4.64. The van der Waals surface area contributed by atoms with E-state index >= 15 is 0 Å². The Bertz CT molecular complexity index is 945. The quantitative estimate of drug-likeness (QED) is 0.589. The van der Waals surface area contributed by atoms with Gasteiger partial charge in [-0.2, -0.15) is 0 Å². The lowest BCUT2D eigenvalue weighted by atomic mass is 10.2. The molecule has 2 aromatic rings. The van der Waals surface area contributed by atoms with Crippen LogP contribution >= 0.6 is 0 Å². The second kappa shape index (κ2) is 9.82. The van der Waals surface area contributed by atoms with Crippen molar-refractivity contribution in [2.24, 2.45) is 0 Å². The van der Waals surface area contributed by atoms with Crippen LogP contribution in [0.4, 0.5) is 4.39 Å². The minimum Gasteiger partial charge on any atom is -0.501 e. The number of hydrogen-bond donors (Lipinski definition) is 3. The number of unbranched alkanes of at least 4 members (excludes halogenated alkanes) is 1. The summed E-state index contributed by atoms with van der Waals surface area (Å²) in [5, 5.41) is 16.4. The number of amides is 1. The molecule has 1 aliphatic rings. The van der Waals surface area contributed by atoms with Crippen molar-refractivity contribution in [2.75, 3.05) is 26.7 Å². The largest absolute Gasteiger partial charge is 0.501 e. The van der Waals surface area contributed by atoms with Crippen molar-refractivity contribution in [3.05, 3.63) is 57.5 Å². The summed E-state index contributed by atoms with van der Waals surface area (Å²) >= 11 is 0. The minimum atomic E-state index is -0.660. The maximum absolute atomic E-state index is 13.0. The number of fused-ring (bicyclic) bond motifs is 1. The van der Waals surface area contributed by atoms with Crippen molar-refractivity contribution in [3.8, 4) is 5.75 Å². The summed E-state index contributed by atoms with van der Waals surface area (Å²) in [4.78, 5) is 32.0. The van der Waals surface area contributed by atoms with E-state index in [1.807, 2.05) is 7.05 Å². The standard InChI is InChI=1S/C21H28FN5O3/c1-3-4-9-23-16-13-26(2)10-11-27-19(16)25-17(18(28)21(27)30)20(29)24-12-14-5-7-15(22)8-6-14/h5-8,16,23,28H,3-4,9-13H2,1-2H3,(H,24,29). The van der Waals surface area contributed by atoms with Gasteiger partial charge in [0.2, 0.25) is 5.75 Å². The van der Waals surface area contributed by atoms with Gasteiger partial charge in [-0.3, -0.25) is 14.2 Å². The number of carbonyl (C=O) groups excluding carboxylic acids is 1. The first-order valence-electron chi connectivity index (χ1n) is 10.2. The second-order valence-electron chi connectivity index (χ2n) is 7.56. The number of halogens is 1. The van der Waals surface area contributed by atoms with Crippen LogP contribution in [0, 0.1) is 5.82 Å². The zero-order valence-electron chi connectivity index (χ0n) is 17.3. The number of nitrogens with zero attached hydrogens (tertiary/aromatic N) is 3. The highest BCUT2D eigenvalue weighted by Crippen LogP contribution is 2.19. The highest BCUT2D eigenvalue weighted by molar-refractivity contribution is 5.94. The second-order valence-corrected chi connectivity index (χ2v) is 7.56. The molecule has 1 unspecified atom stereocenters. The molecule has 0 saturated carbocycles. The Morgan fingerprint density at radius 1 is 1.30 bits per heavy atom. The molecule has 1 aliphatic heterocycles. The molecule has 1 aromatic carbocycles. The molecule has 1 aromatic heterocycles. The first-order valence-corrected chi connectivity index (χ1v) is 10.2. The molecule has 0 aliphatic carbocycles. The maximum Gasteiger partial charge on any atom is 0.296 e. The number of nitrogens with one attached hydrogen (secondary N) is 2. The fourth-order valence-electron chi connectivity index (χ4n) is 3.43. The van der Waals surface area contributed by atoms with Gasteiger partial charge in [0.15, 0.2) is 5.69 Å². The fourth-order valence-corrected chi connectivity index (χ4v) is 3.43. The molecule has 8 nitrogen and oxygen atoms in total. The molecule has 0 spiro atoms. The number of aromatic hydroxyl groups is 1. The lowest BCUT2D eigenvalue weighted by Crippen LogP contribution is -2.36. The Morgan fingerprint density at radius 3 is 2.73 bits per heavy atom. The van der Waals surface area contributed by atoms with Crippen LogP contribution in [0.5, 0.6) is 5.75 Å². The Kier molecular flexibility index (Phi) is 7.17. The van der Waals surface area contributed by atoms with Gasteiger partial charge in [0, 0.05) is 26.2 Å². The van der Waals surface area contributed by atoms with Crippen molar-refractivity contribution in [2.45, 2.75) is 38.9 Å². The van der Waals surface area contributed by atoms with E-state index in [9.17, 15) is 19.1 Å². The van der Waals surface area contributed by atoms with Gasteiger partial charge in [-0.15, -0.1) is 0 Å². The third-order valence-electron chi connectivity index (χ3n) is 5.19. The van der Waals surface area contributed by atoms with Crippen LogP contribution in [-0.2, 0) is 13.1 Å². The summed E-state index contributed by atoms with van der Waals surface area (Å²) < 4.78 is 14.5. The Labute approximate surface area is 174 Å². The molecular weight excluding hydrogens is 389 g/mol. The normalized spacial score (nSPS) is 16.7. The van der Waals surface area contributed by atoms with Crippen LogP contribution in [0.15, 0.2) is 29.1 Å². The number of hydrogen-bond acceptors (Lipinski definition) is 6. The van der Waals surface area contributed by atoms with Gasteiger partial charge < -0.3 is 20.6 Å². The first-order chi connectivity index (χ1) is 14.4. The Morgan fingerprint density at radius 2 is 2.03 bits per heavy atom. The zero-order chi connectivity index (χ0) is 21.7. The van der Waals surface area contributed by atoms with E-state index in [1.165, 1.54) is 16.7 Å². The fraction of sp³-hybridized carbons (Fsp3) is 0.476. The van der Waals surface area contributed by atoms with E-state index < -0.39 is 17.2 Å². The summed E-state index contributed by atoms with van der Waals surface area (Å²) in [5.74, 6) is -1.23. The third-order valence-corrected chi connectivity index (χ3v) is 5.19. The molecule has 1 atom stereocenters. The van der Waals surface area contributed by atoms with Gasteiger partial charge in [0.25, 0.3) is 11.5 Å². The molecule has 162 valence electrons. The first kappa shape index (κ1) is 21.9. The van der Waals surface area contributed by atoms with E-state index in [0.717, 1.165) is 19.4 Å². The van der Waals surface area contributed by atoms with E-state index in [2.05, 4.69) is 27.4 Å². The van der Waals surface area contributed by atoms with Gasteiger partial charge in [-0.05, 0) is 37.7 Å². The lowest BCUT2D eigenvalue weighted by Gasteiger charge is -2.22.